The summed E-state index contributed by atoms with van der Waals surface area (Å²) in [6.07, 6.45) is -0.0977. The van der Waals surface area contributed by atoms with E-state index in [1.165, 1.54) is 0 Å². The molecule has 0 amide bonds. The van der Waals surface area contributed by atoms with E-state index in [4.69, 9.17) is 18.6 Å². The molecular formula is C20H18N2O6. The van der Waals surface area contributed by atoms with Gasteiger partial charge < -0.3 is 18.6 Å². The predicted molar refractivity (Wildman–Crippen MR) is 98.1 cm³/mol. The molecule has 0 fully saturated rings. The zero-order chi connectivity index (χ0) is 19.9. The smallest absolute Gasteiger partial charge is 0.344 e. The Kier molecular flexibility index (Phi) is 6.01. The van der Waals surface area contributed by atoms with Crippen LogP contribution in [0.2, 0.25) is 0 Å². The summed E-state index contributed by atoms with van der Waals surface area (Å²) in [6, 6.07) is 13.7. The summed E-state index contributed by atoms with van der Waals surface area (Å²) in [6.45, 7) is 1.26. The van der Waals surface area contributed by atoms with Gasteiger partial charge in [-0.05, 0) is 43.3 Å². The molecule has 0 N–H and O–H groups in total. The molecule has 3 aromatic rings. The number of carbonyl (C=O) groups excluding carboxylic acids is 2. The first kappa shape index (κ1) is 19.1. The molecule has 0 spiro atoms. The van der Waals surface area contributed by atoms with Crippen LogP contribution in [-0.4, -0.2) is 36.2 Å². The summed E-state index contributed by atoms with van der Waals surface area (Å²) < 4.78 is 21.3. The number of esters is 1. The van der Waals surface area contributed by atoms with Crippen LogP contribution >= 0.6 is 0 Å². The Morgan fingerprint density at radius 2 is 1.89 bits per heavy atom. The molecule has 0 saturated heterocycles. The summed E-state index contributed by atoms with van der Waals surface area (Å²) in [5.74, 6) is 0.852. The Hall–Kier alpha value is -3.68. The maximum atomic E-state index is 12.0. The lowest BCUT2D eigenvalue weighted by atomic mass is 10.2. The molecular weight excluding hydrogens is 364 g/mol. The van der Waals surface area contributed by atoms with E-state index >= 15 is 0 Å². The number of rotatable bonds is 8. The molecule has 0 aliphatic carbocycles. The fourth-order valence-corrected chi connectivity index (χ4v) is 2.38. The minimum absolute atomic E-state index is 0.160. The Balaban J connectivity index is 1.58. The van der Waals surface area contributed by atoms with Crippen molar-refractivity contribution < 1.29 is 28.2 Å². The van der Waals surface area contributed by atoms with Crippen molar-refractivity contribution in [3.63, 3.8) is 0 Å². The van der Waals surface area contributed by atoms with Crippen LogP contribution in [0.25, 0.3) is 11.5 Å². The highest BCUT2D eigenvalue weighted by Crippen LogP contribution is 2.24. The van der Waals surface area contributed by atoms with Crippen LogP contribution in [0.5, 0.6) is 11.5 Å². The summed E-state index contributed by atoms with van der Waals surface area (Å²) in [7, 11) is 1.58. The normalized spacial score (nSPS) is 11.5. The second-order valence-electron chi connectivity index (χ2n) is 5.75. The van der Waals surface area contributed by atoms with Crippen LogP contribution in [0.3, 0.4) is 0 Å². The fourth-order valence-electron chi connectivity index (χ4n) is 2.38. The van der Waals surface area contributed by atoms with Gasteiger partial charge in [0.05, 0.1) is 12.7 Å². The topological polar surface area (TPSA) is 101 Å². The highest BCUT2D eigenvalue weighted by molar-refractivity contribution is 5.79. The van der Waals surface area contributed by atoms with Crippen LogP contribution in [0.1, 0.15) is 29.3 Å². The van der Waals surface area contributed by atoms with E-state index in [0.717, 1.165) is 0 Å². The van der Waals surface area contributed by atoms with Crippen molar-refractivity contribution in [3.05, 3.63) is 60.0 Å². The number of hydrogen-bond acceptors (Lipinski definition) is 8. The Morgan fingerprint density at radius 1 is 1.14 bits per heavy atom. The lowest BCUT2D eigenvalue weighted by Crippen LogP contribution is -2.17. The van der Waals surface area contributed by atoms with Crippen molar-refractivity contribution >= 4 is 12.3 Å². The molecule has 144 valence electrons. The first-order chi connectivity index (χ1) is 13.6. The molecule has 1 heterocycles. The number of nitrogens with zero attached hydrogens (tertiary/aromatic N) is 2. The van der Waals surface area contributed by atoms with E-state index in [9.17, 15) is 9.59 Å². The molecule has 1 aromatic heterocycles. The first-order valence-electron chi connectivity index (χ1n) is 8.45. The molecule has 1 atom stereocenters. The largest absolute Gasteiger partial charge is 0.497 e. The van der Waals surface area contributed by atoms with Gasteiger partial charge in [0.15, 0.2) is 19.0 Å². The number of para-hydroxylation sites is 1. The predicted octanol–water partition coefficient (Wildman–Crippen LogP) is 3.24. The van der Waals surface area contributed by atoms with Gasteiger partial charge in [-0.25, -0.2) is 4.79 Å². The summed E-state index contributed by atoms with van der Waals surface area (Å²) >= 11 is 0. The minimum atomic E-state index is -0.753. The van der Waals surface area contributed by atoms with Crippen molar-refractivity contribution in [2.75, 3.05) is 13.7 Å². The van der Waals surface area contributed by atoms with E-state index in [1.54, 1.807) is 62.6 Å². The van der Waals surface area contributed by atoms with Gasteiger partial charge in [-0.2, -0.15) is 0 Å². The quantitative estimate of drug-likeness (QED) is 0.432. The number of carbonyl (C=O) groups is 2. The molecule has 0 aliphatic rings. The van der Waals surface area contributed by atoms with Gasteiger partial charge >= 0.3 is 5.97 Å². The van der Waals surface area contributed by atoms with Crippen molar-refractivity contribution in [2.24, 2.45) is 0 Å². The van der Waals surface area contributed by atoms with Gasteiger partial charge in [0.1, 0.15) is 11.5 Å². The number of hydrogen-bond donors (Lipinski definition) is 0. The highest BCUT2D eigenvalue weighted by Gasteiger charge is 2.19. The molecule has 28 heavy (non-hydrogen) atoms. The summed E-state index contributed by atoms with van der Waals surface area (Å²) in [4.78, 5) is 23.0. The van der Waals surface area contributed by atoms with E-state index < -0.39 is 12.1 Å². The molecule has 0 unspecified atom stereocenters. The second kappa shape index (κ2) is 8.81. The van der Waals surface area contributed by atoms with Crippen molar-refractivity contribution in [1.82, 2.24) is 10.2 Å². The number of aldehydes is 1. The molecule has 3 rings (SSSR count). The van der Waals surface area contributed by atoms with E-state index in [-0.39, 0.29) is 12.5 Å². The third-order valence-electron chi connectivity index (χ3n) is 3.83. The van der Waals surface area contributed by atoms with Crippen molar-refractivity contribution in [1.29, 1.82) is 0 Å². The fraction of sp³-hybridized carbons (Fsp3) is 0.200. The highest BCUT2D eigenvalue weighted by atomic mass is 16.6. The molecule has 0 saturated carbocycles. The number of benzene rings is 2. The molecule has 0 bridgehead atoms. The SMILES string of the molecule is COc1ccc(-c2nnc([C@H](C)OC(=O)COc3ccccc3C=O)o2)cc1. The molecule has 8 nitrogen and oxygen atoms in total. The average Bonchev–Trinajstić information content (AvgIpc) is 3.23. The standard InChI is InChI=1S/C20H18N2O6/c1-13(27-18(24)12-26-17-6-4-3-5-15(17)11-23)19-21-22-20(28-19)14-7-9-16(25-2)10-8-14/h3-11,13H,12H2,1-2H3/t13-/m0/s1. The molecule has 2 aromatic carbocycles. The van der Waals surface area contributed by atoms with E-state index in [0.29, 0.717) is 34.8 Å². The van der Waals surface area contributed by atoms with Gasteiger partial charge in [0, 0.05) is 5.56 Å². The number of methoxy groups -OCH3 is 1. The van der Waals surface area contributed by atoms with Gasteiger partial charge in [0.2, 0.25) is 5.89 Å². The monoisotopic (exact) mass is 382 g/mol. The van der Waals surface area contributed by atoms with Crippen molar-refractivity contribution in [2.45, 2.75) is 13.0 Å². The van der Waals surface area contributed by atoms with Crippen LogP contribution in [0.15, 0.2) is 52.9 Å². The van der Waals surface area contributed by atoms with Gasteiger partial charge in [-0.15, -0.1) is 10.2 Å². The van der Waals surface area contributed by atoms with Crippen LogP contribution in [-0.2, 0) is 9.53 Å². The maximum absolute atomic E-state index is 12.0. The Labute approximate surface area is 161 Å². The number of ether oxygens (including phenoxy) is 3. The Bertz CT molecular complexity index is 951. The van der Waals surface area contributed by atoms with Crippen LogP contribution < -0.4 is 9.47 Å². The lowest BCUT2D eigenvalue weighted by molar-refractivity contribution is -0.152. The van der Waals surface area contributed by atoms with E-state index in [1.807, 2.05) is 0 Å². The van der Waals surface area contributed by atoms with Crippen molar-refractivity contribution in [3.8, 4) is 23.0 Å². The first-order valence-corrected chi connectivity index (χ1v) is 8.45. The Morgan fingerprint density at radius 3 is 2.61 bits per heavy atom. The summed E-state index contributed by atoms with van der Waals surface area (Å²) in [5, 5.41) is 7.89. The second-order valence-corrected chi connectivity index (χ2v) is 5.75. The summed E-state index contributed by atoms with van der Waals surface area (Å²) in [5.41, 5.74) is 1.07. The lowest BCUT2D eigenvalue weighted by Gasteiger charge is -2.11. The zero-order valence-electron chi connectivity index (χ0n) is 15.3. The van der Waals surface area contributed by atoms with Gasteiger partial charge in [0.25, 0.3) is 5.89 Å². The van der Waals surface area contributed by atoms with Gasteiger partial charge in [-0.1, -0.05) is 12.1 Å². The molecule has 0 aliphatic heterocycles. The van der Waals surface area contributed by atoms with Crippen LogP contribution in [0, 0.1) is 0 Å². The van der Waals surface area contributed by atoms with Crippen LogP contribution in [0.4, 0.5) is 0 Å². The average molecular weight is 382 g/mol. The van der Waals surface area contributed by atoms with Gasteiger partial charge in [-0.3, -0.25) is 4.79 Å². The molecule has 8 heteroatoms. The zero-order valence-corrected chi connectivity index (χ0v) is 15.3. The number of aromatic nitrogens is 2. The van der Waals surface area contributed by atoms with E-state index in [2.05, 4.69) is 10.2 Å². The minimum Gasteiger partial charge on any atom is -0.497 e. The third-order valence-corrected chi connectivity index (χ3v) is 3.83. The molecule has 0 radical (unpaired) electrons. The third kappa shape index (κ3) is 4.53. The maximum Gasteiger partial charge on any atom is 0.344 e.